The normalized spacial score (nSPS) is 10.9. The molecule has 0 amide bonds. The van der Waals surface area contributed by atoms with Crippen LogP contribution in [0, 0.1) is 18.3 Å². The lowest BCUT2D eigenvalue weighted by Crippen LogP contribution is -2.16. The highest BCUT2D eigenvalue weighted by atomic mass is 16.4. The van der Waals surface area contributed by atoms with E-state index in [9.17, 15) is 9.59 Å². The summed E-state index contributed by atoms with van der Waals surface area (Å²) in [6.45, 7) is 1.60. The zero-order chi connectivity index (χ0) is 14.9. The van der Waals surface area contributed by atoms with Crippen LogP contribution in [-0.2, 0) is 0 Å². The Labute approximate surface area is 114 Å². The minimum Gasteiger partial charge on any atom is -0.428 e. The average molecular weight is 271 g/mol. The lowest BCUT2D eigenvalue weighted by molar-refractivity contribution is 0.488. The van der Waals surface area contributed by atoms with Crippen LogP contribution in [0.25, 0.3) is 16.8 Å². The van der Waals surface area contributed by atoms with Gasteiger partial charge >= 0.3 is 5.63 Å². The van der Waals surface area contributed by atoms with Gasteiger partial charge in [0, 0.05) is 25.7 Å². The van der Waals surface area contributed by atoms with Crippen molar-refractivity contribution in [2.45, 2.75) is 6.92 Å². The van der Waals surface area contributed by atoms with Crippen molar-refractivity contribution in [2.75, 3.05) is 14.1 Å². The lowest BCUT2D eigenvalue weighted by atomic mass is 10.1. The van der Waals surface area contributed by atoms with E-state index in [0.717, 1.165) is 0 Å². The molecule has 20 heavy (non-hydrogen) atoms. The highest BCUT2D eigenvalue weighted by Gasteiger charge is 2.14. The maximum Gasteiger partial charge on any atom is 0.345 e. The number of fused-ring (bicyclic) bond motifs is 1. The number of pyridine rings is 1. The number of H-pyrrole nitrogens is 1. The van der Waals surface area contributed by atoms with Gasteiger partial charge in [-0.3, -0.25) is 4.79 Å². The van der Waals surface area contributed by atoms with Gasteiger partial charge in [-0.25, -0.2) is 4.79 Å². The largest absolute Gasteiger partial charge is 0.428 e. The van der Waals surface area contributed by atoms with Crippen molar-refractivity contribution >= 4 is 16.8 Å². The van der Waals surface area contributed by atoms with Gasteiger partial charge in [-0.05, 0) is 19.1 Å². The van der Waals surface area contributed by atoms with Crippen molar-refractivity contribution in [1.82, 2.24) is 9.88 Å². The highest BCUT2D eigenvalue weighted by molar-refractivity contribution is 5.91. The molecule has 0 atom stereocenters. The number of aryl methyl sites for hydroxylation is 1. The van der Waals surface area contributed by atoms with Crippen LogP contribution in [0.15, 0.2) is 26.3 Å². The highest BCUT2D eigenvalue weighted by Crippen LogP contribution is 2.17. The molecule has 0 unspecified atom stereocenters. The number of nitrogens with zero attached hydrogens (tertiary/aromatic N) is 2. The molecular weight excluding hydrogens is 258 g/mol. The maximum atomic E-state index is 12.0. The first kappa shape index (κ1) is 13.6. The van der Waals surface area contributed by atoms with Gasteiger partial charge in [0.15, 0.2) is 0 Å². The first-order chi connectivity index (χ1) is 9.43. The van der Waals surface area contributed by atoms with Crippen molar-refractivity contribution in [3.05, 3.63) is 50.1 Å². The molecule has 0 aliphatic heterocycles. The van der Waals surface area contributed by atoms with Crippen LogP contribution in [-0.4, -0.2) is 24.0 Å². The Hall–Kier alpha value is -2.81. The Morgan fingerprint density at radius 1 is 1.40 bits per heavy atom. The molecule has 0 fully saturated rings. The van der Waals surface area contributed by atoms with E-state index in [0.29, 0.717) is 16.8 Å². The van der Waals surface area contributed by atoms with Gasteiger partial charge in [-0.15, -0.1) is 0 Å². The predicted molar refractivity (Wildman–Crippen MR) is 75.3 cm³/mol. The Kier molecular flexibility index (Phi) is 3.44. The zero-order valence-corrected chi connectivity index (χ0v) is 11.4. The molecule has 0 bridgehead atoms. The average Bonchev–Trinajstić information content (AvgIpc) is 2.35. The molecule has 102 valence electrons. The molecule has 1 N–H and O–H groups in total. The van der Waals surface area contributed by atoms with E-state index >= 15 is 0 Å². The molecule has 6 heteroatoms. The Morgan fingerprint density at radius 3 is 2.70 bits per heavy atom. The fourth-order valence-electron chi connectivity index (χ4n) is 1.89. The fourth-order valence-corrected chi connectivity index (χ4v) is 1.89. The zero-order valence-electron chi connectivity index (χ0n) is 11.4. The number of rotatable bonds is 2. The van der Waals surface area contributed by atoms with Crippen LogP contribution in [0.3, 0.4) is 0 Å². The summed E-state index contributed by atoms with van der Waals surface area (Å²) in [4.78, 5) is 28.2. The third-order valence-corrected chi connectivity index (χ3v) is 2.74. The molecule has 0 saturated heterocycles. The summed E-state index contributed by atoms with van der Waals surface area (Å²) in [5.41, 5.74) is -0.862. The van der Waals surface area contributed by atoms with Crippen LogP contribution in [0.4, 0.5) is 0 Å². The van der Waals surface area contributed by atoms with Crippen molar-refractivity contribution in [2.24, 2.45) is 0 Å². The number of nitriles is 1. The monoisotopic (exact) mass is 271 g/mol. The molecule has 0 aliphatic carbocycles. The minimum absolute atomic E-state index is 0.0852. The minimum atomic E-state index is -0.578. The molecule has 0 aromatic carbocycles. The molecular formula is C14H13N3O3. The molecule has 0 radical (unpaired) electrons. The second-order valence-electron chi connectivity index (χ2n) is 4.57. The van der Waals surface area contributed by atoms with E-state index in [1.807, 2.05) is 20.2 Å². The van der Waals surface area contributed by atoms with Crippen LogP contribution in [0.2, 0.25) is 0 Å². The van der Waals surface area contributed by atoms with Gasteiger partial charge in [-0.1, -0.05) is 0 Å². The molecule has 0 spiro atoms. The Bertz CT molecular complexity index is 851. The number of aromatic amines is 1. The molecule has 2 aromatic rings. The smallest absolute Gasteiger partial charge is 0.345 e. The van der Waals surface area contributed by atoms with Gasteiger partial charge in [0.1, 0.15) is 17.4 Å². The number of hydrogen-bond acceptors (Lipinski definition) is 5. The standard InChI is InChI=1S/C14H13N3O3/c1-8-6-9-10(7-15)13(18)16-11(4-5-17(2)3)12(9)14(19)20-8/h4-6H,1-3H3,(H,16,18)/b5-4+. The summed E-state index contributed by atoms with van der Waals surface area (Å²) >= 11 is 0. The van der Waals surface area contributed by atoms with E-state index in [-0.39, 0.29) is 10.9 Å². The van der Waals surface area contributed by atoms with Crippen molar-refractivity contribution in [1.29, 1.82) is 5.26 Å². The van der Waals surface area contributed by atoms with E-state index < -0.39 is 11.2 Å². The second kappa shape index (κ2) is 5.05. The van der Waals surface area contributed by atoms with Crippen LogP contribution < -0.4 is 11.2 Å². The topological polar surface area (TPSA) is 90.1 Å². The number of hydrogen-bond donors (Lipinski definition) is 1. The van der Waals surface area contributed by atoms with Crippen molar-refractivity contribution in [3.8, 4) is 6.07 Å². The van der Waals surface area contributed by atoms with Crippen LogP contribution >= 0.6 is 0 Å². The quantitative estimate of drug-likeness (QED) is 0.886. The van der Waals surface area contributed by atoms with Crippen molar-refractivity contribution in [3.63, 3.8) is 0 Å². The second-order valence-corrected chi connectivity index (χ2v) is 4.57. The molecule has 0 saturated carbocycles. The summed E-state index contributed by atoms with van der Waals surface area (Å²) < 4.78 is 5.04. The summed E-state index contributed by atoms with van der Waals surface area (Å²) in [6.07, 6.45) is 3.28. The third kappa shape index (κ3) is 2.34. The Balaban J connectivity index is 2.96. The molecule has 2 aromatic heterocycles. The van der Waals surface area contributed by atoms with Crippen LogP contribution in [0.5, 0.6) is 0 Å². The van der Waals surface area contributed by atoms with Gasteiger partial charge in [0.2, 0.25) is 0 Å². The maximum absolute atomic E-state index is 12.0. The number of aromatic nitrogens is 1. The predicted octanol–water partition coefficient (Wildman–Crippen LogP) is 1.19. The van der Waals surface area contributed by atoms with E-state index in [2.05, 4.69) is 4.98 Å². The first-order valence-electron chi connectivity index (χ1n) is 5.89. The molecule has 0 aliphatic rings. The van der Waals surface area contributed by atoms with Gasteiger partial charge < -0.3 is 14.3 Å². The summed E-state index contributed by atoms with van der Waals surface area (Å²) in [5, 5.41) is 9.59. The van der Waals surface area contributed by atoms with Crippen LogP contribution in [0.1, 0.15) is 17.0 Å². The third-order valence-electron chi connectivity index (χ3n) is 2.74. The summed E-state index contributed by atoms with van der Waals surface area (Å²) in [7, 11) is 3.63. The molecule has 2 rings (SSSR count). The Morgan fingerprint density at radius 2 is 2.10 bits per heavy atom. The number of nitrogens with one attached hydrogen (secondary N) is 1. The fraction of sp³-hybridized carbons (Fsp3) is 0.214. The van der Waals surface area contributed by atoms with Gasteiger partial charge in [-0.2, -0.15) is 5.26 Å². The lowest BCUT2D eigenvalue weighted by Gasteiger charge is -2.06. The summed E-state index contributed by atoms with van der Waals surface area (Å²) in [6, 6.07) is 3.35. The van der Waals surface area contributed by atoms with Crippen molar-refractivity contribution < 1.29 is 4.42 Å². The SMILES string of the molecule is Cc1cc2c(C#N)c(=O)[nH]c(/C=C/N(C)C)c2c(=O)o1. The van der Waals surface area contributed by atoms with Gasteiger partial charge in [0.25, 0.3) is 5.56 Å². The molecule has 6 nitrogen and oxygen atoms in total. The molecule has 2 heterocycles. The summed E-state index contributed by atoms with van der Waals surface area (Å²) in [5.74, 6) is 0.354. The van der Waals surface area contributed by atoms with Gasteiger partial charge in [0.05, 0.1) is 11.1 Å². The van der Waals surface area contributed by atoms with E-state index in [1.165, 1.54) is 6.07 Å². The van der Waals surface area contributed by atoms with E-state index in [4.69, 9.17) is 9.68 Å². The first-order valence-corrected chi connectivity index (χ1v) is 5.89. The van der Waals surface area contributed by atoms with E-state index in [1.54, 1.807) is 24.1 Å².